The average molecular weight is 284 g/mol. The minimum absolute atomic E-state index is 0.102. The first-order valence-corrected chi connectivity index (χ1v) is 6.57. The molecule has 0 aliphatic rings. The molecule has 0 unspecified atom stereocenters. The largest absolute Gasteiger partial charge is 0.508 e. The number of benzene rings is 2. The Morgan fingerprint density at radius 2 is 1.67 bits per heavy atom. The Hall–Kier alpha value is -2.75. The van der Waals surface area contributed by atoms with Crippen LogP contribution in [0.1, 0.15) is 28.4 Å². The fourth-order valence-corrected chi connectivity index (χ4v) is 1.81. The van der Waals surface area contributed by atoms with E-state index in [1.165, 1.54) is 6.07 Å². The van der Waals surface area contributed by atoms with Gasteiger partial charge < -0.3 is 14.9 Å². The summed E-state index contributed by atoms with van der Waals surface area (Å²) < 4.78 is 4.89. The molecule has 0 heterocycles. The molecule has 4 heteroatoms. The van der Waals surface area contributed by atoms with E-state index in [1.807, 2.05) is 12.2 Å². The second kappa shape index (κ2) is 6.61. The van der Waals surface area contributed by atoms with E-state index in [0.717, 1.165) is 11.1 Å². The summed E-state index contributed by atoms with van der Waals surface area (Å²) in [6.45, 7) is 1.97. The molecule has 0 saturated heterocycles. The number of ether oxygens (including phenoxy) is 1. The number of hydrogen-bond acceptors (Lipinski definition) is 4. The smallest absolute Gasteiger partial charge is 0.341 e. The van der Waals surface area contributed by atoms with Crippen molar-refractivity contribution < 1.29 is 19.7 Å². The van der Waals surface area contributed by atoms with Gasteiger partial charge in [-0.1, -0.05) is 30.4 Å². The van der Waals surface area contributed by atoms with Gasteiger partial charge in [0.2, 0.25) is 0 Å². The lowest BCUT2D eigenvalue weighted by atomic mass is 10.1. The van der Waals surface area contributed by atoms with Crippen molar-refractivity contribution in [3.05, 3.63) is 59.2 Å². The van der Waals surface area contributed by atoms with Crippen molar-refractivity contribution in [3.8, 4) is 11.5 Å². The SMILES string of the molecule is CCOC(=O)c1cc(/C=C/c2ccc(O)cc2)ccc1O. The van der Waals surface area contributed by atoms with Crippen LogP contribution in [0.15, 0.2) is 42.5 Å². The Bertz CT molecular complexity index is 657. The summed E-state index contributed by atoms with van der Waals surface area (Å²) in [7, 11) is 0. The number of phenolic OH excluding ortho intramolecular Hbond substituents is 2. The normalized spacial score (nSPS) is 10.7. The molecule has 2 aromatic carbocycles. The molecule has 108 valence electrons. The van der Waals surface area contributed by atoms with E-state index in [9.17, 15) is 15.0 Å². The van der Waals surface area contributed by atoms with E-state index in [1.54, 1.807) is 43.3 Å². The molecule has 0 aliphatic carbocycles. The van der Waals surface area contributed by atoms with Gasteiger partial charge in [-0.3, -0.25) is 0 Å². The zero-order valence-corrected chi connectivity index (χ0v) is 11.6. The first kappa shape index (κ1) is 14.7. The predicted molar refractivity (Wildman–Crippen MR) is 81.1 cm³/mol. The number of carbonyl (C=O) groups excluding carboxylic acids is 1. The molecule has 0 bridgehead atoms. The summed E-state index contributed by atoms with van der Waals surface area (Å²) in [6, 6.07) is 11.5. The number of rotatable bonds is 4. The fourth-order valence-electron chi connectivity index (χ4n) is 1.81. The highest BCUT2D eigenvalue weighted by atomic mass is 16.5. The summed E-state index contributed by atoms with van der Waals surface area (Å²) >= 11 is 0. The maximum Gasteiger partial charge on any atom is 0.341 e. The highest BCUT2D eigenvalue weighted by Crippen LogP contribution is 2.21. The van der Waals surface area contributed by atoms with E-state index < -0.39 is 5.97 Å². The van der Waals surface area contributed by atoms with Crippen molar-refractivity contribution in [1.29, 1.82) is 0 Å². The van der Waals surface area contributed by atoms with Crippen molar-refractivity contribution in [2.24, 2.45) is 0 Å². The zero-order chi connectivity index (χ0) is 15.2. The standard InChI is InChI=1S/C17H16O4/c1-2-21-17(20)15-11-13(7-10-16(15)19)4-3-12-5-8-14(18)9-6-12/h3-11,18-19H,2H2,1H3/b4-3+. The van der Waals surface area contributed by atoms with Crippen LogP contribution in [0.25, 0.3) is 12.2 Å². The third-order valence-electron chi connectivity index (χ3n) is 2.88. The molecule has 0 saturated carbocycles. The summed E-state index contributed by atoms with van der Waals surface area (Å²) in [6.07, 6.45) is 3.66. The summed E-state index contributed by atoms with van der Waals surface area (Å²) in [5, 5.41) is 18.9. The minimum atomic E-state index is -0.546. The molecule has 21 heavy (non-hydrogen) atoms. The number of esters is 1. The van der Waals surface area contributed by atoms with Crippen LogP contribution in [0, 0.1) is 0 Å². The first-order valence-electron chi connectivity index (χ1n) is 6.57. The maximum absolute atomic E-state index is 11.7. The van der Waals surface area contributed by atoms with E-state index in [-0.39, 0.29) is 23.7 Å². The van der Waals surface area contributed by atoms with Gasteiger partial charge in [-0.2, -0.15) is 0 Å². The van der Waals surface area contributed by atoms with Gasteiger partial charge in [-0.25, -0.2) is 4.79 Å². The lowest BCUT2D eigenvalue weighted by molar-refractivity contribution is 0.0523. The Balaban J connectivity index is 2.22. The van der Waals surface area contributed by atoms with Crippen LogP contribution >= 0.6 is 0 Å². The molecule has 0 aliphatic heterocycles. The van der Waals surface area contributed by atoms with Crippen LogP contribution in [0.2, 0.25) is 0 Å². The van der Waals surface area contributed by atoms with Crippen molar-refractivity contribution in [3.63, 3.8) is 0 Å². The number of hydrogen-bond donors (Lipinski definition) is 2. The molecule has 0 atom stereocenters. The quantitative estimate of drug-likeness (QED) is 0.666. The second-order valence-electron chi connectivity index (χ2n) is 4.42. The fraction of sp³-hybridized carbons (Fsp3) is 0.118. The predicted octanol–water partition coefficient (Wildman–Crippen LogP) is 3.44. The van der Waals surface area contributed by atoms with E-state index in [0.29, 0.717) is 0 Å². The first-order chi connectivity index (χ1) is 10.1. The molecule has 0 amide bonds. The molecule has 2 aromatic rings. The van der Waals surface area contributed by atoms with Crippen molar-refractivity contribution in [2.45, 2.75) is 6.92 Å². The Morgan fingerprint density at radius 3 is 2.33 bits per heavy atom. The van der Waals surface area contributed by atoms with Gasteiger partial charge in [0.1, 0.15) is 17.1 Å². The summed E-state index contributed by atoms with van der Waals surface area (Å²) in [4.78, 5) is 11.7. The highest BCUT2D eigenvalue weighted by Gasteiger charge is 2.12. The lowest BCUT2D eigenvalue weighted by Crippen LogP contribution is -2.05. The van der Waals surface area contributed by atoms with Crippen LogP contribution in [0.3, 0.4) is 0 Å². The van der Waals surface area contributed by atoms with Crippen LogP contribution in [-0.2, 0) is 4.74 Å². The highest BCUT2D eigenvalue weighted by molar-refractivity contribution is 5.93. The summed E-state index contributed by atoms with van der Waals surface area (Å²) in [5.74, 6) is -0.438. The van der Waals surface area contributed by atoms with Crippen LogP contribution in [-0.4, -0.2) is 22.8 Å². The zero-order valence-electron chi connectivity index (χ0n) is 11.6. The molecule has 0 fully saturated rings. The topological polar surface area (TPSA) is 66.8 Å². The third-order valence-corrected chi connectivity index (χ3v) is 2.88. The van der Waals surface area contributed by atoms with Crippen LogP contribution in [0.5, 0.6) is 11.5 Å². The summed E-state index contributed by atoms with van der Waals surface area (Å²) in [5.41, 5.74) is 1.83. The number of carbonyl (C=O) groups is 1. The monoisotopic (exact) mass is 284 g/mol. The molecular formula is C17H16O4. The van der Waals surface area contributed by atoms with Crippen LogP contribution < -0.4 is 0 Å². The lowest BCUT2D eigenvalue weighted by Gasteiger charge is -2.05. The molecule has 0 radical (unpaired) electrons. The Morgan fingerprint density at radius 1 is 1.05 bits per heavy atom. The number of phenols is 2. The molecule has 2 N–H and O–H groups in total. The second-order valence-corrected chi connectivity index (χ2v) is 4.42. The van der Waals surface area contributed by atoms with Gasteiger partial charge in [-0.15, -0.1) is 0 Å². The van der Waals surface area contributed by atoms with E-state index in [2.05, 4.69) is 0 Å². The van der Waals surface area contributed by atoms with Crippen LogP contribution in [0.4, 0.5) is 0 Å². The minimum Gasteiger partial charge on any atom is -0.508 e. The van der Waals surface area contributed by atoms with Gasteiger partial charge in [0.25, 0.3) is 0 Å². The Kier molecular flexibility index (Phi) is 4.61. The van der Waals surface area contributed by atoms with E-state index >= 15 is 0 Å². The van der Waals surface area contributed by atoms with Gasteiger partial charge >= 0.3 is 5.97 Å². The third kappa shape index (κ3) is 3.86. The van der Waals surface area contributed by atoms with Crippen molar-refractivity contribution >= 4 is 18.1 Å². The number of aromatic hydroxyl groups is 2. The van der Waals surface area contributed by atoms with Crippen molar-refractivity contribution in [1.82, 2.24) is 0 Å². The maximum atomic E-state index is 11.7. The Labute approximate surface area is 122 Å². The molecule has 0 spiro atoms. The molecule has 2 rings (SSSR count). The van der Waals surface area contributed by atoms with Gasteiger partial charge in [0.05, 0.1) is 6.61 Å². The van der Waals surface area contributed by atoms with Gasteiger partial charge in [0, 0.05) is 0 Å². The van der Waals surface area contributed by atoms with E-state index in [4.69, 9.17) is 4.74 Å². The van der Waals surface area contributed by atoms with Crippen molar-refractivity contribution in [2.75, 3.05) is 6.61 Å². The molecular weight excluding hydrogens is 268 g/mol. The molecule has 4 nitrogen and oxygen atoms in total. The molecule has 0 aromatic heterocycles. The average Bonchev–Trinajstić information content (AvgIpc) is 2.48. The van der Waals surface area contributed by atoms with Gasteiger partial charge in [-0.05, 0) is 42.3 Å². The van der Waals surface area contributed by atoms with Gasteiger partial charge in [0.15, 0.2) is 0 Å².